The van der Waals surface area contributed by atoms with Crippen LogP contribution in [-0.2, 0) is 14.3 Å². The molecular weight excluding hydrogens is 560 g/mol. The maximum Gasteiger partial charge on any atom is 0.333 e. The van der Waals surface area contributed by atoms with Crippen molar-refractivity contribution in [3.8, 4) is 0 Å². The predicted octanol–water partition coefficient (Wildman–Crippen LogP) is 9.68. The molecule has 0 saturated heterocycles. The van der Waals surface area contributed by atoms with Gasteiger partial charge in [0.25, 0.3) is 0 Å². The third-order valence-corrected chi connectivity index (χ3v) is 12.7. The van der Waals surface area contributed by atoms with Crippen LogP contribution in [0.15, 0.2) is 12.2 Å². The van der Waals surface area contributed by atoms with Crippen molar-refractivity contribution in [1.82, 2.24) is 0 Å². The summed E-state index contributed by atoms with van der Waals surface area (Å²) in [5, 5.41) is 20.2. The number of unbranched alkanes of at least 4 members (excludes halogenated alkanes) is 3. The van der Waals surface area contributed by atoms with E-state index in [1.807, 2.05) is 0 Å². The summed E-state index contributed by atoms with van der Waals surface area (Å²) in [6.07, 6.45) is 25.1. The molecule has 2 N–H and O–H groups in total. The molecule has 5 nitrogen and oxygen atoms in total. The van der Waals surface area contributed by atoms with Gasteiger partial charge < -0.3 is 19.7 Å². The summed E-state index contributed by atoms with van der Waals surface area (Å²) in [6, 6.07) is 0. The van der Waals surface area contributed by atoms with Crippen molar-refractivity contribution in [2.75, 3.05) is 26.4 Å². The third kappa shape index (κ3) is 11.9. The molecule has 262 valence electrons. The van der Waals surface area contributed by atoms with Crippen LogP contribution in [0.1, 0.15) is 156 Å². The highest BCUT2D eigenvalue weighted by atomic mass is 16.5. The van der Waals surface area contributed by atoms with Gasteiger partial charge in [-0.3, -0.25) is 0 Å². The normalized spacial score (nSPS) is 31.1. The number of carbonyl (C=O) groups is 1. The number of ether oxygens (including phenoxy) is 2. The van der Waals surface area contributed by atoms with Crippen LogP contribution in [0.3, 0.4) is 0 Å². The Morgan fingerprint density at radius 1 is 0.756 bits per heavy atom. The molecule has 0 aromatic rings. The van der Waals surface area contributed by atoms with E-state index >= 15 is 0 Å². The second-order valence-corrected chi connectivity index (χ2v) is 15.8. The van der Waals surface area contributed by atoms with Crippen LogP contribution in [0.5, 0.6) is 0 Å². The first-order valence-corrected chi connectivity index (χ1v) is 19.4. The SMILES string of the molecule is C=C(C)C(=O)OCCC1CC(C2CCC(C3CCC(CCCCC)CC3)CC2CC)CCC1OCCC(CO)(CO)CCCC. The maximum atomic E-state index is 12.1. The Bertz CT molecular complexity index is 829. The first-order chi connectivity index (χ1) is 21.8. The van der Waals surface area contributed by atoms with Crippen LogP contribution < -0.4 is 0 Å². The standard InChI is InChI=1S/C40H72O5/c1-6-9-11-12-31-13-15-33(16-14-31)34-17-19-37(32(8-3)26-34)35-18-20-38(36(27-35)21-24-45-39(43)30(4)5)44-25-23-40(28-41,29-42)22-10-7-2/h31-38,41-42H,4,6-29H2,1-3,5H3. The lowest BCUT2D eigenvalue weighted by molar-refractivity contribution is -0.140. The van der Waals surface area contributed by atoms with E-state index in [0.29, 0.717) is 31.1 Å². The molecule has 3 saturated carbocycles. The van der Waals surface area contributed by atoms with Crippen LogP contribution in [0.4, 0.5) is 0 Å². The number of hydrogen-bond acceptors (Lipinski definition) is 5. The molecule has 3 aliphatic rings. The molecule has 0 radical (unpaired) electrons. The van der Waals surface area contributed by atoms with Crippen LogP contribution in [0, 0.1) is 46.8 Å². The second kappa shape index (κ2) is 20.5. The van der Waals surface area contributed by atoms with Gasteiger partial charge in [-0.15, -0.1) is 0 Å². The lowest BCUT2D eigenvalue weighted by atomic mass is 9.60. The van der Waals surface area contributed by atoms with Crippen molar-refractivity contribution in [1.29, 1.82) is 0 Å². The van der Waals surface area contributed by atoms with Gasteiger partial charge in [0.1, 0.15) is 0 Å². The highest BCUT2D eigenvalue weighted by Gasteiger charge is 2.42. The monoisotopic (exact) mass is 633 g/mol. The molecule has 3 rings (SSSR count). The van der Waals surface area contributed by atoms with Gasteiger partial charge in [-0.25, -0.2) is 4.79 Å². The van der Waals surface area contributed by atoms with E-state index in [1.165, 1.54) is 83.5 Å². The summed E-state index contributed by atoms with van der Waals surface area (Å²) in [7, 11) is 0. The van der Waals surface area contributed by atoms with Crippen LogP contribution in [0.2, 0.25) is 0 Å². The molecule has 6 atom stereocenters. The molecule has 5 heteroatoms. The quantitative estimate of drug-likeness (QED) is 0.0794. The Balaban J connectivity index is 1.57. The van der Waals surface area contributed by atoms with E-state index in [-0.39, 0.29) is 25.3 Å². The van der Waals surface area contributed by atoms with Crippen molar-refractivity contribution in [3.63, 3.8) is 0 Å². The minimum Gasteiger partial charge on any atom is -0.462 e. The summed E-state index contributed by atoms with van der Waals surface area (Å²) in [6.45, 7) is 13.3. The second-order valence-electron chi connectivity index (χ2n) is 15.8. The van der Waals surface area contributed by atoms with Crippen molar-refractivity contribution >= 4 is 5.97 Å². The first-order valence-electron chi connectivity index (χ1n) is 19.4. The number of hydrogen-bond donors (Lipinski definition) is 2. The Hall–Kier alpha value is -0.910. The van der Waals surface area contributed by atoms with E-state index in [4.69, 9.17) is 9.47 Å². The van der Waals surface area contributed by atoms with E-state index in [2.05, 4.69) is 27.4 Å². The van der Waals surface area contributed by atoms with Gasteiger partial charge in [-0.05, 0) is 119 Å². The van der Waals surface area contributed by atoms with Crippen molar-refractivity contribution in [3.05, 3.63) is 12.2 Å². The maximum absolute atomic E-state index is 12.1. The number of aliphatic hydroxyl groups excluding tert-OH is 2. The lowest BCUT2D eigenvalue weighted by Crippen LogP contribution is -2.40. The van der Waals surface area contributed by atoms with Gasteiger partial charge in [0.2, 0.25) is 0 Å². The van der Waals surface area contributed by atoms with Crippen molar-refractivity contribution in [2.24, 2.45) is 46.8 Å². The fourth-order valence-electron chi connectivity index (χ4n) is 9.55. The van der Waals surface area contributed by atoms with Crippen LogP contribution in [-0.4, -0.2) is 48.7 Å². The highest BCUT2D eigenvalue weighted by molar-refractivity contribution is 5.86. The minimum atomic E-state index is -0.457. The average molecular weight is 633 g/mol. The summed E-state index contributed by atoms with van der Waals surface area (Å²) in [5.74, 6) is 5.34. The van der Waals surface area contributed by atoms with E-state index in [9.17, 15) is 15.0 Å². The number of rotatable bonds is 20. The minimum absolute atomic E-state index is 0.00135. The Kier molecular flexibility index (Phi) is 17.5. The van der Waals surface area contributed by atoms with Gasteiger partial charge >= 0.3 is 5.97 Å². The highest BCUT2D eigenvalue weighted by Crippen LogP contribution is 2.50. The Labute approximate surface area is 277 Å². The van der Waals surface area contributed by atoms with Crippen LogP contribution in [0.25, 0.3) is 0 Å². The van der Waals surface area contributed by atoms with Gasteiger partial charge in [0.05, 0.1) is 25.9 Å². The van der Waals surface area contributed by atoms with Gasteiger partial charge in [-0.1, -0.05) is 85.1 Å². The van der Waals surface area contributed by atoms with Crippen molar-refractivity contribution < 1.29 is 24.5 Å². The Morgan fingerprint density at radius 2 is 1.42 bits per heavy atom. The summed E-state index contributed by atoms with van der Waals surface area (Å²) in [5.41, 5.74) is -0.00523. The molecule has 3 aliphatic carbocycles. The molecule has 0 aliphatic heterocycles. The summed E-state index contributed by atoms with van der Waals surface area (Å²) >= 11 is 0. The Morgan fingerprint density at radius 3 is 2.07 bits per heavy atom. The average Bonchev–Trinajstić information content (AvgIpc) is 3.07. The van der Waals surface area contributed by atoms with Gasteiger partial charge in [-0.2, -0.15) is 0 Å². The molecular formula is C40H72O5. The van der Waals surface area contributed by atoms with Crippen molar-refractivity contribution in [2.45, 2.75) is 162 Å². The zero-order chi connectivity index (χ0) is 32.7. The smallest absolute Gasteiger partial charge is 0.333 e. The topological polar surface area (TPSA) is 76.0 Å². The first kappa shape index (κ1) is 38.5. The van der Waals surface area contributed by atoms with E-state index in [0.717, 1.165) is 74.0 Å². The molecule has 6 unspecified atom stereocenters. The largest absolute Gasteiger partial charge is 0.462 e. The lowest BCUT2D eigenvalue weighted by Gasteiger charge is -2.47. The number of aliphatic hydroxyl groups is 2. The van der Waals surface area contributed by atoms with Crippen LogP contribution >= 0.6 is 0 Å². The molecule has 0 heterocycles. The van der Waals surface area contributed by atoms with Gasteiger partial charge in [0, 0.05) is 17.6 Å². The van der Waals surface area contributed by atoms with E-state index in [1.54, 1.807) is 6.92 Å². The fraction of sp³-hybridized carbons (Fsp3) is 0.925. The molecule has 45 heavy (non-hydrogen) atoms. The number of carbonyl (C=O) groups excluding carboxylic acids is 1. The zero-order valence-corrected chi connectivity index (χ0v) is 29.9. The third-order valence-electron chi connectivity index (χ3n) is 12.7. The molecule has 3 fully saturated rings. The molecule has 0 aromatic heterocycles. The summed E-state index contributed by atoms with van der Waals surface area (Å²) in [4.78, 5) is 12.1. The molecule has 0 aromatic carbocycles. The molecule has 0 amide bonds. The fourth-order valence-corrected chi connectivity index (χ4v) is 9.55. The predicted molar refractivity (Wildman–Crippen MR) is 186 cm³/mol. The number of esters is 1. The summed E-state index contributed by atoms with van der Waals surface area (Å²) < 4.78 is 12.2. The molecule has 0 spiro atoms. The molecule has 0 bridgehead atoms. The zero-order valence-electron chi connectivity index (χ0n) is 29.9. The van der Waals surface area contributed by atoms with Gasteiger partial charge in [0.15, 0.2) is 0 Å². The van der Waals surface area contributed by atoms with E-state index < -0.39 is 5.41 Å².